The first-order chi connectivity index (χ1) is 19.5. The molecule has 0 saturated heterocycles. The highest BCUT2D eigenvalue weighted by Crippen LogP contribution is 2.53. The van der Waals surface area contributed by atoms with Crippen molar-refractivity contribution in [1.82, 2.24) is 30.4 Å². The molecule has 2 aromatic heterocycles. The third kappa shape index (κ3) is 6.49. The largest absolute Gasteiger partial charge is 0.480 e. The highest BCUT2D eigenvalue weighted by atomic mass is 16.5. The number of aromatic nitrogens is 4. The van der Waals surface area contributed by atoms with E-state index in [4.69, 9.17) is 4.74 Å². The Balaban J connectivity index is 1.30. The Bertz CT molecular complexity index is 1250. The zero-order valence-electron chi connectivity index (χ0n) is 24.3. The van der Waals surface area contributed by atoms with Gasteiger partial charge in [0.1, 0.15) is 11.6 Å². The number of nitrogens with zero attached hydrogens (tertiary/aromatic N) is 3. The van der Waals surface area contributed by atoms with Gasteiger partial charge in [-0.25, -0.2) is 14.5 Å². The highest BCUT2D eigenvalue weighted by molar-refractivity contribution is 5.96. The third-order valence-corrected chi connectivity index (χ3v) is 8.87. The normalized spacial score (nSPS) is 25.9. The number of carboxylic acid groups (broad SMARTS) is 1. The van der Waals surface area contributed by atoms with Gasteiger partial charge in [-0.1, -0.05) is 19.9 Å². The Hall–Kier alpha value is -3.63. The number of nitrogens with one attached hydrogen (secondary N) is 3. The van der Waals surface area contributed by atoms with Gasteiger partial charge in [-0.2, -0.15) is 5.10 Å². The molecule has 4 bridgehead atoms. The predicted molar refractivity (Wildman–Crippen MR) is 152 cm³/mol. The number of hydrogen-bond donors (Lipinski definition) is 4. The minimum atomic E-state index is -1.14. The van der Waals surface area contributed by atoms with Crippen LogP contribution in [0.2, 0.25) is 0 Å². The number of H-pyrrole nitrogens is 1. The predicted octanol–water partition coefficient (Wildman–Crippen LogP) is 3.50. The lowest BCUT2D eigenvalue weighted by Crippen LogP contribution is -2.55. The van der Waals surface area contributed by atoms with Crippen LogP contribution in [0.5, 0.6) is 5.88 Å². The molecule has 4 N–H and O–H groups in total. The van der Waals surface area contributed by atoms with E-state index in [-0.39, 0.29) is 24.3 Å². The smallest absolute Gasteiger partial charge is 0.326 e. The lowest BCUT2D eigenvalue weighted by molar-refractivity contribution is -0.142. The molecule has 2 amide bonds. The zero-order chi connectivity index (χ0) is 29.3. The van der Waals surface area contributed by atoms with E-state index in [1.807, 2.05) is 13.8 Å². The van der Waals surface area contributed by atoms with Crippen LogP contribution in [0.4, 0.5) is 0 Å². The van der Waals surface area contributed by atoms with Crippen molar-refractivity contribution < 1.29 is 24.2 Å². The summed E-state index contributed by atoms with van der Waals surface area (Å²) in [6.07, 6.45) is 14.0. The van der Waals surface area contributed by atoms with Gasteiger partial charge in [0.25, 0.3) is 5.91 Å². The average molecular weight is 567 g/mol. The Morgan fingerprint density at radius 3 is 2.41 bits per heavy atom. The quantitative estimate of drug-likeness (QED) is 0.307. The molecule has 0 spiro atoms. The summed E-state index contributed by atoms with van der Waals surface area (Å²) in [4.78, 5) is 45.2. The molecule has 41 heavy (non-hydrogen) atoms. The van der Waals surface area contributed by atoms with Crippen molar-refractivity contribution in [2.75, 3.05) is 6.61 Å². The molecule has 0 aliphatic heterocycles. The third-order valence-electron chi connectivity index (χ3n) is 8.87. The summed E-state index contributed by atoms with van der Waals surface area (Å²) < 4.78 is 7.55. The van der Waals surface area contributed by atoms with E-state index in [0.717, 1.165) is 11.8 Å². The van der Waals surface area contributed by atoms with E-state index in [0.29, 0.717) is 35.6 Å². The number of imidazole rings is 1. The molecule has 2 aromatic rings. The lowest BCUT2D eigenvalue weighted by Gasteiger charge is -2.54. The monoisotopic (exact) mass is 566 g/mol. The van der Waals surface area contributed by atoms with Gasteiger partial charge < -0.3 is 25.5 Å². The van der Waals surface area contributed by atoms with Crippen LogP contribution in [-0.2, 0) is 16.0 Å². The van der Waals surface area contributed by atoms with Crippen molar-refractivity contribution in [3.05, 3.63) is 36.1 Å². The van der Waals surface area contributed by atoms with Crippen molar-refractivity contribution in [2.45, 2.75) is 78.3 Å². The minimum absolute atomic E-state index is 0.0791. The van der Waals surface area contributed by atoms with Gasteiger partial charge in [-0.3, -0.25) is 9.59 Å². The minimum Gasteiger partial charge on any atom is -0.480 e. The number of amides is 2. The molecule has 4 aliphatic rings. The molecule has 222 valence electrons. The van der Waals surface area contributed by atoms with Crippen LogP contribution < -0.4 is 15.4 Å². The Morgan fingerprint density at radius 2 is 1.83 bits per heavy atom. The van der Waals surface area contributed by atoms with Gasteiger partial charge >= 0.3 is 5.97 Å². The highest BCUT2D eigenvalue weighted by Gasteiger charge is 2.48. The maximum atomic E-state index is 13.5. The molecule has 1 atom stereocenters. The Morgan fingerprint density at radius 1 is 1.15 bits per heavy atom. The van der Waals surface area contributed by atoms with Crippen LogP contribution in [0.3, 0.4) is 0 Å². The molecule has 4 saturated carbocycles. The van der Waals surface area contributed by atoms with Gasteiger partial charge in [0.15, 0.2) is 0 Å². The number of carboxylic acids is 1. The van der Waals surface area contributed by atoms with E-state index < -0.39 is 23.3 Å². The summed E-state index contributed by atoms with van der Waals surface area (Å²) in [6, 6.07) is -0.926. The molecule has 0 unspecified atom stereocenters. The topological polar surface area (TPSA) is 151 Å². The van der Waals surface area contributed by atoms with E-state index >= 15 is 0 Å². The molecule has 6 rings (SSSR count). The van der Waals surface area contributed by atoms with Crippen molar-refractivity contribution in [2.24, 2.45) is 35.0 Å². The summed E-state index contributed by atoms with van der Waals surface area (Å²) in [5.41, 5.74) is -0.1000. The van der Waals surface area contributed by atoms with Gasteiger partial charge in [-0.15, -0.1) is 0 Å². The van der Waals surface area contributed by atoms with E-state index in [1.54, 1.807) is 26.1 Å². The Labute approximate surface area is 240 Å². The molecule has 11 nitrogen and oxygen atoms in total. The summed E-state index contributed by atoms with van der Waals surface area (Å²) in [5, 5.41) is 20.0. The number of carbonyl (C=O) groups excluding carboxylic acids is 2. The van der Waals surface area contributed by atoms with E-state index in [2.05, 4.69) is 25.7 Å². The molecule has 0 aromatic carbocycles. The first kappa shape index (κ1) is 28.9. The van der Waals surface area contributed by atoms with Gasteiger partial charge in [0.2, 0.25) is 11.8 Å². The van der Waals surface area contributed by atoms with Gasteiger partial charge in [-0.05, 0) is 75.5 Å². The summed E-state index contributed by atoms with van der Waals surface area (Å²) >= 11 is 0. The number of aliphatic carboxylic acids is 1. The standard InChI is InChI=1S/C30H42N6O5/c1-17(2)15-41-27-23(26(37)35-25-20-8-18-7-19(10-20)11-21(25)9-18)14-33-36(27)6-5-30(3,4)29(40)34-24(28(38)39)12-22-13-31-16-32-22/h5-6,13-14,16-21,24-25H,7-12,15H2,1-4H3,(H,31,32)(H,34,40)(H,35,37)(H,38,39)/t18?,19?,20?,21?,24-,25?/m0/s1. The second kappa shape index (κ2) is 11.7. The van der Waals surface area contributed by atoms with E-state index in [9.17, 15) is 19.5 Å². The molecular formula is C30H42N6O5. The molecule has 2 heterocycles. The van der Waals surface area contributed by atoms with E-state index in [1.165, 1.54) is 55.5 Å². The van der Waals surface area contributed by atoms with Crippen LogP contribution in [0.1, 0.15) is 75.9 Å². The number of rotatable bonds is 12. The van der Waals surface area contributed by atoms with Crippen molar-refractivity contribution in [3.63, 3.8) is 0 Å². The molecule has 11 heteroatoms. The molecule has 4 fully saturated rings. The number of ether oxygens (including phenoxy) is 1. The van der Waals surface area contributed by atoms with Crippen LogP contribution in [0.25, 0.3) is 6.20 Å². The van der Waals surface area contributed by atoms with Crippen LogP contribution in [-0.4, -0.2) is 61.3 Å². The zero-order valence-corrected chi connectivity index (χ0v) is 24.3. The van der Waals surface area contributed by atoms with Crippen LogP contribution >= 0.6 is 0 Å². The maximum Gasteiger partial charge on any atom is 0.326 e. The van der Waals surface area contributed by atoms with Crippen molar-refractivity contribution >= 4 is 24.0 Å². The van der Waals surface area contributed by atoms with Crippen LogP contribution in [0, 0.1) is 35.0 Å². The SMILES string of the molecule is CC(C)COc1c(C(=O)NC2C3CC4CC(C3)CC2C4)cnn1C=CC(C)(C)C(=O)N[C@@H](Cc1cnc[nH]1)C(=O)O. The van der Waals surface area contributed by atoms with Gasteiger partial charge in [0.05, 0.1) is 24.5 Å². The second-order valence-electron chi connectivity index (χ2n) is 13.1. The van der Waals surface area contributed by atoms with Crippen molar-refractivity contribution in [3.8, 4) is 5.88 Å². The molecule has 0 radical (unpaired) electrons. The summed E-state index contributed by atoms with van der Waals surface area (Å²) in [5.74, 6) is 1.51. The lowest BCUT2D eigenvalue weighted by atomic mass is 9.54. The molecular weight excluding hydrogens is 524 g/mol. The fraction of sp³-hybridized carbons (Fsp3) is 0.633. The second-order valence-corrected chi connectivity index (χ2v) is 13.1. The summed E-state index contributed by atoms with van der Waals surface area (Å²) in [6.45, 7) is 7.83. The van der Waals surface area contributed by atoms with Crippen molar-refractivity contribution in [1.29, 1.82) is 0 Å². The van der Waals surface area contributed by atoms with Gasteiger partial charge in [0, 0.05) is 30.6 Å². The number of aromatic amines is 1. The first-order valence-corrected chi connectivity index (χ1v) is 14.7. The fourth-order valence-electron chi connectivity index (χ4n) is 6.89. The summed E-state index contributed by atoms with van der Waals surface area (Å²) in [7, 11) is 0. The number of hydrogen-bond acceptors (Lipinski definition) is 6. The average Bonchev–Trinajstić information content (AvgIpc) is 3.57. The Kier molecular flexibility index (Phi) is 8.24. The fourth-order valence-corrected chi connectivity index (χ4v) is 6.89. The van der Waals surface area contributed by atoms with Crippen LogP contribution in [0.15, 0.2) is 24.8 Å². The first-order valence-electron chi connectivity index (χ1n) is 14.7. The number of carbonyl (C=O) groups is 3. The molecule has 4 aliphatic carbocycles. The maximum absolute atomic E-state index is 13.5.